The number of nitrogens with one attached hydrogen (secondary N) is 2. The van der Waals surface area contributed by atoms with E-state index in [1.54, 1.807) is 23.4 Å². The number of hydrogen-bond donors (Lipinski definition) is 2. The average Bonchev–Trinajstić information content (AvgIpc) is 3.20. The Morgan fingerprint density at radius 2 is 2.23 bits per heavy atom. The molecule has 3 amide bonds. The maximum absolute atomic E-state index is 12.7. The Morgan fingerprint density at radius 3 is 3.00 bits per heavy atom. The quantitative estimate of drug-likeness (QED) is 0.863. The number of hydrogen-bond acceptors (Lipinski definition) is 4. The highest BCUT2D eigenvalue weighted by molar-refractivity contribution is 6.07. The summed E-state index contributed by atoms with van der Waals surface area (Å²) >= 11 is 0. The van der Waals surface area contributed by atoms with Crippen LogP contribution in [0.25, 0.3) is 0 Å². The van der Waals surface area contributed by atoms with Gasteiger partial charge in [0.25, 0.3) is 0 Å². The zero-order chi connectivity index (χ0) is 18.1. The summed E-state index contributed by atoms with van der Waals surface area (Å²) in [5, 5.41) is 15.3. The molecule has 0 aliphatic carbocycles. The van der Waals surface area contributed by atoms with E-state index in [2.05, 4.69) is 21.7 Å². The van der Waals surface area contributed by atoms with Crippen molar-refractivity contribution in [1.82, 2.24) is 15.2 Å². The first kappa shape index (κ1) is 16.1. The molecule has 2 aromatic rings. The van der Waals surface area contributed by atoms with Gasteiger partial charge in [-0.25, -0.2) is 4.79 Å². The van der Waals surface area contributed by atoms with E-state index < -0.39 is 11.3 Å². The van der Waals surface area contributed by atoms with Gasteiger partial charge < -0.3 is 15.5 Å². The lowest BCUT2D eigenvalue weighted by atomic mass is 9.74. The largest absolute Gasteiger partial charge is 0.334 e. The molecule has 2 unspecified atom stereocenters. The van der Waals surface area contributed by atoms with Crippen molar-refractivity contribution < 1.29 is 9.59 Å². The molecule has 0 radical (unpaired) electrons. The summed E-state index contributed by atoms with van der Waals surface area (Å²) in [6, 6.07) is 13.0. The molecule has 7 nitrogen and oxygen atoms in total. The van der Waals surface area contributed by atoms with Gasteiger partial charge in [0.2, 0.25) is 5.91 Å². The fraction of sp³-hybridized carbons (Fsp3) is 0.263. The minimum absolute atomic E-state index is 0.187. The van der Waals surface area contributed by atoms with Gasteiger partial charge in [-0.1, -0.05) is 24.3 Å². The third-order valence-electron chi connectivity index (χ3n) is 5.11. The Balaban J connectivity index is 1.56. The predicted molar refractivity (Wildman–Crippen MR) is 93.9 cm³/mol. The highest BCUT2D eigenvalue weighted by Gasteiger charge is 2.58. The molecule has 2 aliphatic heterocycles. The van der Waals surface area contributed by atoms with Crippen molar-refractivity contribution in [3.8, 4) is 6.07 Å². The number of amides is 3. The van der Waals surface area contributed by atoms with Crippen LogP contribution < -0.4 is 10.6 Å². The molecule has 2 N–H and O–H groups in total. The maximum Gasteiger partial charge on any atom is 0.317 e. The topological polar surface area (TPSA) is 98.1 Å². The van der Waals surface area contributed by atoms with E-state index in [9.17, 15) is 14.9 Å². The van der Waals surface area contributed by atoms with E-state index in [1.807, 2.05) is 30.3 Å². The number of carbonyl (C=O) groups excluding carboxylic acids is 2. The van der Waals surface area contributed by atoms with Crippen LogP contribution in [0.3, 0.4) is 0 Å². The van der Waals surface area contributed by atoms with Gasteiger partial charge in [-0.3, -0.25) is 9.78 Å². The fourth-order valence-corrected chi connectivity index (χ4v) is 3.79. The molecule has 1 fully saturated rings. The first-order chi connectivity index (χ1) is 12.6. The van der Waals surface area contributed by atoms with Gasteiger partial charge in [-0.2, -0.15) is 5.26 Å². The minimum Gasteiger partial charge on any atom is -0.334 e. The Labute approximate surface area is 150 Å². The lowest BCUT2D eigenvalue weighted by Crippen LogP contribution is -2.44. The molecular formula is C19H17N5O2. The summed E-state index contributed by atoms with van der Waals surface area (Å²) in [6.07, 6.45) is 3.35. The number of anilines is 1. The van der Waals surface area contributed by atoms with Crippen molar-refractivity contribution >= 4 is 17.6 Å². The van der Waals surface area contributed by atoms with Crippen LogP contribution in [-0.2, 0) is 16.8 Å². The molecule has 26 heavy (non-hydrogen) atoms. The summed E-state index contributed by atoms with van der Waals surface area (Å²) in [7, 11) is 0. The zero-order valence-electron chi connectivity index (χ0n) is 14.0. The number of pyridine rings is 1. The standard InChI is InChI=1S/C19H17N5O2/c20-8-14-11-24(18(26)22-10-13-4-3-7-21-9-13)12-19(14)15-5-1-2-6-16(15)23-17(19)25/h1-7,9,14H,10-12H2,(H,22,26)(H,23,25). The van der Waals surface area contributed by atoms with Gasteiger partial charge in [0.05, 0.1) is 12.0 Å². The van der Waals surface area contributed by atoms with E-state index in [1.165, 1.54) is 0 Å². The fourth-order valence-electron chi connectivity index (χ4n) is 3.79. The van der Waals surface area contributed by atoms with Crippen molar-refractivity contribution in [1.29, 1.82) is 5.26 Å². The van der Waals surface area contributed by atoms with Crippen molar-refractivity contribution in [2.24, 2.45) is 5.92 Å². The van der Waals surface area contributed by atoms with Crippen molar-refractivity contribution in [2.45, 2.75) is 12.0 Å². The zero-order valence-corrected chi connectivity index (χ0v) is 14.0. The Bertz CT molecular complexity index is 908. The summed E-state index contributed by atoms with van der Waals surface area (Å²) < 4.78 is 0. The molecule has 7 heteroatoms. The number of urea groups is 1. The number of likely N-dealkylation sites (tertiary alicyclic amines) is 1. The second kappa shape index (κ2) is 6.15. The minimum atomic E-state index is -1.00. The van der Waals surface area contributed by atoms with Crippen molar-refractivity contribution in [2.75, 3.05) is 18.4 Å². The van der Waals surface area contributed by atoms with Crippen LogP contribution in [0, 0.1) is 17.2 Å². The first-order valence-electron chi connectivity index (χ1n) is 8.37. The first-order valence-corrected chi connectivity index (χ1v) is 8.37. The molecule has 0 saturated carbocycles. The number of aromatic nitrogens is 1. The molecular weight excluding hydrogens is 330 g/mol. The number of para-hydroxylation sites is 1. The number of rotatable bonds is 2. The van der Waals surface area contributed by atoms with Crippen molar-refractivity contribution in [3.63, 3.8) is 0 Å². The molecule has 130 valence electrons. The van der Waals surface area contributed by atoms with Gasteiger partial charge in [-0.15, -0.1) is 0 Å². The highest BCUT2D eigenvalue weighted by Crippen LogP contribution is 2.47. The molecule has 1 saturated heterocycles. The Hall–Kier alpha value is -3.40. The number of carbonyl (C=O) groups is 2. The van der Waals surface area contributed by atoms with Gasteiger partial charge in [0, 0.05) is 37.7 Å². The number of nitrogens with zero attached hydrogens (tertiary/aromatic N) is 3. The summed E-state index contributed by atoms with van der Waals surface area (Å²) in [6.45, 7) is 0.750. The Morgan fingerprint density at radius 1 is 1.38 bits per heavy atom. The molecule has 0 bridgehead atoms. The maximum atomic E-state index is 12.7. The normalized spacial score (nSPS) is 23.4. The van der Waals surface area contributed by atoms with Crippen LogP contribution in [0.4, 0.5) is 10.5 Å². The van der Waals surface area contributed by atoms with Crippen LogP contribution >= 0.6 is 0 Å². The summed E-state index contributed by atoms with van der Waals surface area (Å²) in [5.41, 5.74) is 1.39. The number of fused-ring (bicyclic) bond motifs is 2. The molecule has 4 rings (SSSR count). The van der Waals surface area contributed by atoms with Crippen LogP contribution in [0.5, 0.6) is 0 Å². The predicted octanol–water partition coefficient (Wildman–Crippen LogP) is 1.64. The highest BCUT2D eigenvalue weighted by atomic mass is 16.2. The second-order valence-electron chi connectivity index (χ2n) is 6.55. The molecule has 1 aromatic heterocycles. The monoisotopic (exact) mass is 347 g/mol. The molecule has 1 aromatic carbocycles. The molecule has 2 atom stereocenters. The Kier molecular flexibility index (Phi) is 3.81. The lowest BCUT2D eigenvalue weighted by Gasteiger charge is -2.24. The van der Waals surface area contributed by atoms with E-state index in [0.29, 0.717) is 6.54 Å². The van der Waals surface area contributed by atoms with Crippen LogP contribution in [0.15, 0.2) is 48.8 Å². The van der Waals surface area contributed by atoms with Gasteiger partial charge in [0.15, 0.2) is 0 Å². The summed E-state index contributed by atoms with van der Waals surface area (Å²) in [4.78, 5) is 30.9. The molecule has 3 heterocycles. The third kappa shape index (κ3) is 2.39. The van der Waals surface area contributed by atoms with Crippen LogP contribution in [0.1, 0.15) is 11.1 Å². The number of benzene rings is 1. The third-order valence-corrected chi connectivity index (χ3v) is 5.11. The van der Waals surface area contributed by atoms with Gasteiger partial charge in [0.1, 0.15) is 5.41 Å². The average molecular weight is 347 g/mol. The van der Waals surface area contributed by atoms with E-state index in [0.717, 1.165) is 16.8 Å². The summed E-state index contributed by atoms with van der Waals surface area (Å²) in [5.74, 6) is -0.803. The second-order valence-corrected chi connectivity index (χ2v) is 6.55. The SMILES string of the molecule is N#CC1CN(C(=O)NCc2cccnc2)CC12C(=O)Nc1ccccc12. The van der Waals surface area contributed by atoms with Gasteiger partial charge in [-0.05, 0) is 23.3 Å². The van der Waals surface area contributed by atoms with E-state index in [4.69, 9.17) is 0 Å². The van der Waals surface area contributed by atoms with E-state index in [-0.39, 0.29) is 25.0 Å². The molecule has 1 spiro atoms. The lowest BCUT2D eigenvalue weighted by molar-refractivity contribution is -0.121. The van der Waals surface area contributed by atoms with E-state index >= 15 is 0 Å². The van der Waals surface area contributed by atoms with Crippen molar-refractivity contribution in [3.05, 3.63) is 59.9 Å². The smallest absolute Gasteiger partial charge is 0.317 e. The van der Waals surface area contributed by atoms with Crippen LogP contribution in [0.2, 0.25) is 0 Å². The van der Waals surface area contributed by atoms with Gasteiger partial charge >= 0.3 is 6.03 Å². The number of nitriles is 1. The molecule has 2 aliphatic rings. The van der Waals surface area contributed by atoms with Crippen LogP contribution in [-0.4, -0.2) is 34.9 Å².